The van der Waals surface area contributed by atoms with Gasteiger partial charge in [-0.25, -0.2) is 0 Å². The summed E-state index contributed by atoms with van der Waals surface area (Å²) in [5.74, 6) is 0.797. The number of hydrogen-bond donors (Lipinski definition) is 0. The number of fused-ring (bicyclic) bond motifs is 2. The second-order valence-corrected chi connectivity index (χ2v) is 5.01. The van der Waals surface area contributed by atoms with Gasteiger partial charge in [0, 0.05) is 0 Å². The third kappa shape index (κ3) is 1.37. The van der Waals surface area contributed by atoms with Crippen LogP contribution in [-0.2, 0) is 0 Å². The van der Waals surface area contributed by atoms with Gasteiger partial charge in [-0.1, -0.05) is 48.5 Å². The zero-order chi connectivity index (χ0) is 11.2. The smallest absolute Gasteiger partial charge is 0.0143 e. The molecule has 1 fully saturated rings. The number of hydrogen-bond acceptors (Lipinski definition) is 0. The molecule has 17 heavy (non-hydrogen) atoms. The summed E-state index contributed by atoms with van der Waals surface area (Å²) >= 11 is 0. The van der Waals surface area contributed by atoms with Crippen molar-refractivity contribution in [1.29, 1.82) is 0 Å². The summed E-state index contributed by atoms with van der Waals surface area (Å²) < 4.78 is 0. The summed E-state index contributed by atoms with van der Waals surface area (Å²) in [5, 5.41) is 5.67. The fourth-order valence-corrected chi connectivity index (χ4v) is 2.86. The predicted molar refractivity (Wildman–Crippen MR) is 73.4 cm³/mol. The molecule has 0 spiro atoms. The molecular formula is C17H14. The Kier molecular flexibility index (Phi) is 1.81. The molecule has 1 aliphatic rings. The molecule has 1 aliphatic carbocycles. The molecule has 0 heteroatoms. The summed E-state index contributed by atoms with van der Waals surface area (Å²) in [7, 11) is 0. The Morgan fingerprint density at radius 1 is 0.706 bits per heavy atom. The second kappa shape index (κ2) is 3.33. The Labute approximate surface area is 101 Å². The van der Waals surface area contributed by atoms with Crippen LogP contribution in [0.4, 0.5) is 0 Å². The van der Waals surface area contributed by atoms with E-state index in [9.17, 15) is 0 Å². The lowest BCUT2D eigenvalue weighted by atomic mass is 9.94. The molecule has 4 rings (SSSR count). The molecule has 0 nitrogen and oxygen atoms in total. The average molecular weight is 218 g/mol. The highest BCUT2D eigenvalue weighted by Gasteiger charge is 2.27. The monoisotopic (exact) mass is 218 g/mol. The van der Waals surface area contributed by atoms with Gasteiger partial charge in [-0.2, -0.15) is 0 Å². The molecule has 0 aromatic heterocycles. The van der Waals surface area contributed by atoms with Gasteiger partial charge >= 0.3 is 0 Å². The van der Waals surface area contributed by atoms with E-state index in [0.29, 0.717) is 0 Å². The minimum absolute atomic E-state index is 0.797. The Hall–Kier alpha value is -1.82. The first-order valence-corrected chi connectivity index (χ1v) is 6.34. The van der Waals surface area contributed by atoms with E-state index in [1.54, 1.807) is 5.56 Å². The van der Waals surface area contributed by atoms with Gasteiger partial charge in [0.05, 0.1) is 0 Å². The van der Waals surface area contributed by atoms with E-state index in [2.05, 4.69) is 54.6 Å². The van der Waals surface area contributed by atoms with Gasteiger partial charge in [0.2, 0.25) is 0 Å². The van der Waals surface area contributed by atoms with Crippen LogP contribution in [0, 0.1) is 0 Å². The van der Waals surface area contributed by atoms with Gasteiger partial charge in [-0.15, -0.1) is 0 Å². The van der Waals surface area contributed by atoms with Crippen molar-refractivity contribution in [2.75, 3.05) is 0 Å². The summed E-state index contributed by atoms with van der Waals surface area (Å²) in [4.78, 5) is 0. The van der Waals surface area contributed by atoms with Crippen LogP contribution in [0.3, 0.4) is 0 Å². The van der Waals surface area contributed by atoms with Crippen LogP contribution in [0.15, 0.2) is 54.6 Å². The Morgan fingerprint density at radius 3 is 1.76 bits per heavy atom. The maximum absolute atomic E-state index is 2.32. The van der Waals surface area contributed by atoms with Gasteiger partial charge in [0.15, 0.2) is 0 Å². The van der Waals surface area contributed by atoms with Crippen molar-refractivity contribution in [3.05, 3.63) is 60.2 Å². The molecule has 82 valence electrons. The van der Waals surface area contributed by atoms with Gasteiger partial charge in [-0.05, 0) is 51.9 Å². The lowest BCUT2D eigenvalue weighted by molar-refractivity contribution is 1.17. The lowest BCUT2D eigenvalue weighted by Gasteiger charge is -2.10. The van der Waals surface area contributed by atoms with Gasteiger partial charge in [-0.3, -0.25) is 0 Å². The fourth-order valence-electron chi connectivity index (χ4n) is 2.86. The molecule has 3 aromatic carbocycles. The molecule has 0 N–H and O–H groups in total. The minimum Gasteiger partial charge on any atom is -0.0616 e. The molecule has 0 heterocycles. The van der Waals surface area contributed by atoms with E-state index in [-0.39, 0.29) is 0 Å². The molecule has 0 atom stereocenters. The largest absolute Gasteiger partial charge is 0.0616 e. The molecule has 0 amide bonds. The fraction of sp³-hybridized carbons (Fsp3) is 0.176. The average Bonchev–Trinajstić information content (AvgIpc) is 3.20. The highest BCUT2D eigenvalue weighted by Crippen LogP contribution is 2.46. The summed E-state index contributed by atoms with van der Waals surface area (Å²) in [6, 6.07) is 19.9. The van der Waals surface area contributed by atoms with Crippen LogP contribution in [-0.4, -0.2) is 0 Å². The van der Waals surface area contributed by atoms with Gasteiger partial charge < -0.3 is 0 Å². The quantitative estimate of drug-likeness (QED) is 0.511. The Morgan fingerprint density at radius 2 is 1.24 bits per heavy atom. The maximum Gasteiger partial charge on any atom is -0.0143 e. The summed E-state index contributed by atoms with van der Waals surface area (Å²) in [5.41, 5.74) is 1.58. The first kappa shape index (κ1) is 9.23. The standard InChI is InChI=1S/C17H14/c1-3-7-15-13(5-1)11-14-6-2-4-8-16(14)17(15)12-9-10-12/h1-8,11-12H,9-10H2. The molecule has 1 saturated carbocycles. The topological polar surface area (TPSA) is 0 Å². The van der Waals surface area contributed by atoms with E-state index in [4.69, 9.17) is 0 Å². The van der Waals surface area contributed by atoms with Crippen molar-refractivity contribution in [3.63, 3.8) is 0 Å². The molecular weight excluding hydrogens is 204 g/mol. The van der Waals surface area contributed by atoms with E-state index in [0.717, 1.165) is 5.92 Å². The van der Waals surface area contributed by atoms with Crippen LogP contribution in [0.2, 0.25) is 0 Å². The van der Waals surface area contributed by atoms with Crippen LogP contribution in [0.25, 0.3) is 21.5 Å². The van der Waals surface area contributed by atoms with Crippen molar-refractivity contribution in [2.45, 2.75) is 18.8 Å². The zero-order valence-corrected chi connectivity index (χ0v) is 9.69. The summed E-state index contributed by atoms with van der Waals surface area (Å²) in [6.07, 6.45) is 2.72. The Balaban J connectivity index is 2.23. The van der Waals surface area contributed by atoms with E-state index >= 15 is 0 Å². The number of rotatable bonds is 1. The van der Waals surface area contributed by atoms with Crippen molar-refractivity contribution < 1.29 is 0 Å². The van der Waals surface area contributed by atoms with E-state index in [1.165, 1.54) is 34.4 Å². The molecule has 3 aromatic rings. The summed E-state index contributed by atoms with van der Waals surface area (Å²) in [6.45, 7) is 0. The molecule has 0 unspecified atom stereocenters. The molecule has 0 radical (unpaired) electrons. The molecule has 0 bridgehead atoms. The van der Waals surface area contributed by atoms with Crippen LogP contribution in [0.5, 0.6) is 0 Å². The van der Waals surface area contributed by atoms with Crippen molar-refractivity contribution in [1.82, 2.24) is 0 Å². The predicted octanol–water partition coefficient (Wildman–Crippen LogP) is 4.87. The van der Waals surface area contributed by atoms with Crippen molar-refractivity contribution in [3.8, 4) is 0 Å². The van der Waals surface area contributed by atoms with Gasteiger partial charge in [0.1, 0.15) is 0 Å². The normalized spacial score (nSPS) is 15.5. The van der Waals surface area contributed by atoms with Crippen LogP contribution in [0.1, 0.15) is 24.3 Å². The lowest BCUT2D eigenvalue weighted by Crippen LogP contribution is -1.86. The highest BCUT2D eigenvalue weighted by atomic mass is 14.3. The number of benzene rings is 3. The third-order valence-corrected chi connectivity index (χ3v) is 3.80. The highest BCUT2D eigenvalue weighted by molar-refractivity contribution is 6.02. The first-order valence-electron chi connectivity index (χ1n) is 6.34. The third-order valence-electron chi connectivity index (χ3n) is 3.80. The first-order chi connectivity index (χ1) is 8.43. The van der Waals surface area contributed by atoms with Crippen LogP contribution < -0.4 is 0 Å². The van der Waals surface area contributed by atoms with Crippen molar-refractivity contribution in [2.24, 2.45) is 0 Å². The maximum atomic E-state index is 2.32. The zero-order valence-electron chi connectivity index (χ0n) is 9.69. The molecule has 0 aliphatic heterocycles. The van der Waals surface area contributed by atoms with E-state index in [1.807, 2.05) is 0 Å². The SMILES string of the molecule is c1ccc2c(C3CC3)c3ccccc3cc2c1. The van der Waals surface area contributed by atoms with Crippen LogP contribution >= 0.6 is 0 Å². The van der Waals surface area contributed by atoms with Gasteiger partial charge in [0.25, 0.3) is 0 Å². The molecule has 0 saturated heterocycles. The Bertz CT molecular complexity index is 651. The minimum atomic E-state index is 0.797. The van der Waals surface area contributed by atoms with E-state index < -0.39 is 0 Å². The second-order valence-electron chi connectivity index (χ2n) is 5.01. The van der Waals surface area contributed by atoms with Crippen molar-refractivity contribution >= 4 is 21.5 Å².